The van der Waals surface area contributed by atoms with Gasteiger partial charge in [0.15, 0.2) is 12.4 Å². The lowest BCUT2D eigenvalue weighted by Crippen LogP contribution is -2.20. The van der Waals surface area contributed by atoms with E-state index in [0.717, 1.165) is 18.4 Å². The zero-order valence-corrected chi connectivity index (χ0v) is 10.3. The first kappa shape index (κ1) is 13.3. The van der Waals surface area contributed by atoms with Gasteiger partial charge in [0.1, 0.15) is 0 Å². The van der Waals surface area contributed by atoms with Crippen LogP contribution in [0.15, 0.2) is 18.2 Å². The summed E-state index contributed by atoms with van der Waals surface area (Å²) in [6.07, 6.45) is 2.31. The first-order chi connectivity index (χ1) is 9.06. The summed E-state index contributed by atoms with van der Waals surface area (Å²) in [6.45, 7) is 0.210. The van der Waals surface area contributed by atoms with E-state index in [2.05, 4.69) is 5.32 Å². The van der Waals surface area contributed by atoms with Gasteiger partial charge in [0.25, 0.3) is 5.91 Å². The number of nitro groups is 1. The van der Waals surface area contributed by atoms with Crippen molar-refractivity contribution in [3.05, 3.63) is 33.9 Å². The number of nitrogens with one attached hydrogen (secondary N) is 1. The highest BCUT2D eigenvalue weighted by Crippen LogP contribution is 2.28. The van der Waals surface area contributed by atoms with Gasteiger partial charge in [-0.1, -0.05) is 6.07 Å². The predicted molar refractivity (Wildman–Crippen MR) is 67.6 cm³/mol. The van der Waals surface area contributed by atoms with Crippen LogP contribution >= 0.6 is 0 Å². The molecule has 102 valence electrons. The Balaban J connectivity index is 2.09. The van der Waals surface area contributed by atoms with Crippen molar-refractivity contribution < 1.29 is 14.5 Å². The number of nitrogens with zero attached hydrogens (tertiary/aromatic N) is 1. The van der Waals surface area contributed by atoms with Gasteiger partial charge in [0, 0.05) is 18.7 Å². The summed E-state index contributed by atoms with van der Waals surface area (Å²) in [7, 11) is 0. The van der Waals surface area contributed by atoms with Crippen LogP contribution in [0.3, 0.4) is 0 Å². The van der Waals surface area contributed by atoms with Crippen LogP contribution in [0.4, 0.5) is 5.69 Å². The standard InChI is InChI=1S/C12H15N3O4/c13-12(16)7-19-11-4-1-8(5-10(11)15(17)18)6-14-9-2-3-9/h1,4-5,9,14H,2-3,6-7H2,(H2,13,16). The second kappa shape index (κ2) is 5.66. The maximum absolute atomic E-state index is 11.0. The van der Waals surface area contributed by atoms with Gasteiger partial charge in [-0.05, 0) is 24.5 Å². The number of hydrogen-bond acceptors (Lipinski definition) is 5. The van der Waals surface area contributed by atoms with Crippen molar-refractivity contribution in [2.24, 2.45) is 5.73 Å². The maximum Gasteiger partial charge on any atom is 0.311 e. The topological polar surface area (TPSA) is 107 Å². The summed E-state index contributed by atoms with van der Waals surface area (Å²) in [6, 6.07) is 5.21. The van der Waals surface area contributed by atoms with Crippen molar-refractivity contribution in [3.8, 4) is 5.75 Å². The molecule has 2 rings (SSSR count). The highest BCUT2D eigenvalue weighted by molar-refractivity contribution is 5.75. The van der Waals surface area contributed by atoms with E-state index < -0.39 is 10.8 Å². The fraction of sp³-hybridized carbons (Fsp3) is 0.417. The van der Waals surface area contributed by atoms with Crippen LogP contribution in [-0.4, -0.2) is 23.5 Å². The number of amides is 1. The lowest BCUT2D eigenvalue weighted by Gasteiger charge is -2.07. The van der Waals surface area contributed by atoms with Crippen molar-refractivity contribution in [1.82, 2.24) is 5.32 Å². The Morgan fingerprint density at radius 3 is 2.84 bits per heavy atom. The van der Waals surface area contributed by atoms with Crippen LogP contribution in [0.25, 0.3) is 0 Å². The van der Waals surface area contributed by atoms with Gasteiger partial charge in [0.05, 0.1) is 4.92 Å². The number of carbonyl (C=O) groups excluding carboxylic acids is 1. The molecular weight excluding hydrogens is 250 g/mol. The molecule has 1 fully saturated rings. The fourth-order valence-corrected chi connectivity index (χ4v) is 1.64. The van der Waals surface area contributed by atoms with Gasteiger partial charge in [-0.3, -0.25) is 14.9 Å². The monoisotopic (exact) mass is 265 g/mol. The van der Waals surface area contributed by atoms with Gasteiger partial charge in [-0.15, -0.1) is 0 Å². The fourth-order valence-electron chi connectivity index (χ4n) is 1.64. The smallest absolute Gasteiger partial charge is 0.311 e. The van der Waals surface area contributed by atoms with Gasteiger partial charge < -0.3 is 15.8 Å². The quantitative estimate of drug-likeness (QED) is 0.557. The molecule has 0 bridgehead atoms. The molecule has 0 heterocycles. The second-order valence-electron chi connectivity index (χ2n) is 4.47. The average Bonchev–Trinajstić information content (AvgIpc) is 3.18. The molecule has 0 spiro atoms. The summed E-state index contributed by atoms with van der Waals surface area (Å²) < 4.78 is 5.02. The Kier molecular flexibility index (Phi) is 3.96. The highest BCUT2D eigenvalue weighted by Gasteiger charge is 2.21. The van der Waals surface area contributed by atoms with Crippen molar-refractivity contribution in [1.29, 1.82) is 0 Å². The number of nitrogens with two attached hydrogens (primary N) is 1. The number of rotatable bonds is 7. The van der Waals surface area contributed by atoms with Crippen molar-refractivity contribution in [3.63, 3.8) is 0 Å². The summed E-state index contributed by atoms with van der Waals surface area (Å²) in [4.78, 5) is 21.0. The summed E-state index contributed by atoms with van der Waals surface area (Å²) in [5.41, 5.74) is 5.59. The minimum absolute atomic E-state index is 0.0546. The third-order valence-corrected chi connectivity index (χ3v) is 2.76. The molecule has 19 heavy (non-hydrogen) atoms. The predicted octanol–water partition coefficient (Wildman–Crippen LogP) is 0.711. The first-order valence-electron chi connectivity index (χ1n) is 5.98. The molecule has 0 saturated heterocycles. The van der Waals surface area contributed by atoms with Crippen molar-refractivity contribution >= 4 is 11.6 Å². The van der Waals surface area contributed by atoms with Crippen LogP contribution < -0.4 is 15.8 Å². The number of primary amides is 1. The molecule has 1 saturated carbocycles. The maximum atomic E-state index is 11.0. The zero-order valence-electron chi connectivity index (χ0n) is 10.3. The van der Waals surface area contributed by atoms with E-state index in [0.29, 0.717) is 12.6 Å². The molecule has 0 radical (unpaired) electrons. The van der Waals surface area contributed by atoms with Crippen LogP contribution in [0.2, 0.25) is 0 Å². The molecule has 1 aliphatic carbocycles. The lowest BCUT2D eigenvalue weighted by atomic mass is 10.2. The minimum Gasteiger partial charge on any atom is -0.477 e. The lowest BCUT2D eigenvalue weighted by molar-refractivity contribution is -0.385. The number of nitro benzene ring substituents is 1. The third kappa shape index (κ3) is 3.92. The molecule has 7 heteroatoms. The van der Waals surface area contributed by atoms with Gasteiger partial charge in [-0.2, -0.15) is 0 Å². The van der Waals surface area contributed by atoms with Gasteiger partial charge in [0.2, 0.25) is 0 Å². The van der Waals surface area contributed by atoms with E-state index in [4.69, 9.17) is 10.5 Å². The molecule has 1 amide bonds. The van der Waals surface area contributed by atoms with Crippen LogP contribution in [0, 0.1) is 10.1 Å². The Hall–Kier alpha value is -2.15. The zero-order chi connectivity index (χ0) is 13.8. The average molecular weight is 265 g/mol. The van der Waals surface area contributed by atoms with Crippen molar-refractivity contribution in [2.45, 2.75) is 25.4 Å². The number of carbonyl (C=O) groups is 1. The highest BCUT2D eigenvalue weighted by atomic mass is 16.6. The van der Waals surface area contributed by atoms with E-state index in [1.807, 2.05) is 0 Å². The molecule has 1 aliphatic rings. The number of ether oxygens (including phenoxy) is 1. The SMILES string of the molecule is NC(=O)COc1ccc(CNC2CC2)cc1[N+](=O)[O-]. The Morgan fingerprint density at radius 2 is 2.26 bits per heavy atom. The minimum atomic E-state index is -0.672. The number of benzene rings is 1. The Morgan fingerprint density at radius 1 is 1.53 bits per heavy atom. The Bertz CT molecular complexity index is 500. The van der Waals surface area contributed by atoms with E-state index in [9.17, 15) is 14.9 Å². The summed E-state index contributed by atoms with van der Waals surface area (Å²) in [5, 5.41) is 14.2. The van der Waals surface area contributed by atoms with Crippen molar-refractivity contribution in [2.75, 3.05) is 6.61 Å². The van der Waals surface area contributed by atoms with E-state index >= 15 is 0 Å². The van der Waals surface area contributed by atoms with E-state index in [1.165, 1.54) is 12.1 Å². The summed E-state index contributed by atoms with van der Waals surface area (Å²) >= 11 is 0. The molecular formula is C12H15N3O4. The van der Waals surface area contributed by atoms with E-state index in [1.54, 1.807) is 6.07 Å². The second-order valence-corrected chi connectivity index (χ2v) is 4.47. The Labute approximate surface area is 109 Å². The molecule has 7 nitrogen and oxygen atoms in total. The molecule has 0 atom stereocenters. The first-order valence-corrected chi connectivity index (χ1v) is 5.98. The van der Waals surface area contributed by atoms with Gasteiger partial charge >= 0.3 is 5.69 Å². The molecule has 1 aromatic carbocycles. The van der Waals surface area contributed by atoms with E-state index in [-0.39, 0.29) is 18.0 Å². The van der Waals surface area contributed by atoms with Gasteiger partial charge in [-0.25, -0.2) is 0 Å². The summed E-state index contributed by atoms with van der Waals surface area (Å²) in [5.74, 6) is -0.618. The molecule has 0 unspecified atom stereocenters. The largest absolute Gasteiger partial charge is 0.477 e. The normalized spacial score (nSPS) is 14.1. The molecule has 0 aromatic heterocycles. The van der Waals surface area contributed by atoms with Crippen LogP contribution in [-0.2, 0) is 11.3 Å². The molecule has 1 aromatic rings. The number of hydrogen-bond donors (Lipinski definition) is 2. The molecule has 3 N–H and O–H groups in total. The van der Waals surface area contributed by atoms with Crippen LogP contribution in [0.1, 0.15) is 18.4 Å². The van der Waals surface area contributed by atoms with Crippen LogP contribution in [0.5, 0.6) is 5.75 Å². The molecule has 0 aliphatic heterocycles. The third-order valence-electron chi connectivity index (χ3n) is 2.76.